The first-order valence-corrected chi connectivity index (χ1v) is 7.61. The average Bonchev–Trinajstić information content (AvgIpc) is 3.06. The van der Waals surface area contributed by atoms with Gasteiger partial charge in [0.2, 0.25) is 0 Å². The summed E-state index contributed by atoms with van der Waals surface area (Å²) in [4.78, 5) is 13.9. The monoisotopic (exact) mass is 317 g/mol. The first kappa shape index (κ1) is 17.1. The lowest BCUT2D eigenvalue weighted by Gasteiger charge is -2.29. The number of hydrogen-bond acceptors (Lipinski definition) is 3. The van der Waals surface area contributed by atoms with Gasteiger partial charge in [-0.3, -0.25) is 0 Å². The minimum absolute atomic E-state index is 0.158. The Hall–Kier alpha value is -2.31. The zero-order valence-electron chi connectivity index (χ0n) is 13.4. The number of hydrogen-bond donors (Lipinski definition) is 3. The van der Waals surface area contributed by atoms with E-state index < -0.39 is 6.10 Å². The van der Waals surface area contributed by atoms with E-state index in [9.17, 15) is 15.0 Å². The number of aromatic nitrogens is 1. The molecule has 0 aliphatic carbocycles. The van der Waals surface area contributed by atoms with Gasteiger partial charge < -0.3 is 25.0 Å². The van der Waals surface area contributed by atoms with Crippen molar-refractivity contribution in [2.45, 2.75) is 26.0 Å². The first-order chi connectivity index (χ1) is 11.0. The van der Waals surface area contributed by atoms with Gasteiger partial charge in [0, 0.05) is 30.3 Å². The Labute approximate surface area is 136 Å². The number of nitrogens with one attached hydrogen (secondary N) is 1. The van der Waals surface area contributed by atoms with Crippen molar-refractivity contribution in [3.05, 3.63) is 48.8 Å². The van der Waals surface area contributed by atoms with Gasteiger partial charge in [-0.05, 0) is 44.2 Å². The van der Waals surface area contributed by atoms with Gasteiger partial charge in [-0.2, -0.15) is 0 Å². The van der Waals surface area contributed by atoms with E-state index in [1.807, 2.05) is 47.3 Å². The highest BCUT2D eigenvalue weighted by molar-refractivity contribution is 5.89. The molecule has 0 unspecified atom stereocenters. The van der Waals surface area contributed by atoms with Gasteiger partial charge in [0.05, 0.1) is 18.8 Å². The molecule has 0 saturated carbocycles. The smallest absolute Gasteiger partial charge is 0.322 e. The molecule has 0 aliphatic rings. The molecule has 1 heterocycles. The van der Waals surface area contributed by atoms with Crippen LogP contribution in [0.4, 0.5) is 10.5 Å². The van der Waals surface area contributed by atoms with Crippen molar-refractivity contribution in [3.8, 4) is 5.69 Å². The third kappa shape index (κ3) is 4.58. The summed E-state index contributed by atoms with van der Waals surface area (Å²) < 4.78 is 1.94. The van der Waals surface area contributed by atoms with Crippen LogP contribution in [0.3, 0.4) is 0 Å². The Morgan fingerprint density at radius 2 is 1.96 bits per heavy atom. The molecule has 23 heavy (non-hydrogen) atoms. The number of anilines is 1. The van der Waals surface area contributed by atoms with Crippen molar-refractivity contribution in [1.82, 2.24) is 9.47 Å². The molecule has 2 rings (SSSR count). The second-order valence-electron chi connectivity index (χ2n) is 5.60. The molecule has 0 bridgehead atoms. The maximum Gasteiger partial charge on any atom is 0.322 e. The highest BCUT2D eigenvalue weighted by Gasteiger charge is 2.21. The van der Waals surface area contributed by atoms with Crippen LogP contribution in [0.1, 0.15) is 13.8 Å². The minimum atomic E-state index is -0.666. The van der Waals surface area contributed by atoms with Crippen LogP contribution in [-0.4, -0.2) is 51.0 Å². The van der Waals surface area contributed by atoms with Crippen molar-refractivity contribution in [2.75, 3.05) is 18.5 Å². The Kier molecular flexibility index (Phi) is 5.78. The maximum atomic E-state index is 12.4. The van der Waals surface area contributed by atoms with Crippen LogP contribution in [0.15, 0.2) is 48.8 Å². The van der Waals surface area contributed by atoms with Gasteiger partial charge in [-0.15, -0.1) is 0 Å². The van der Waals surface area contributed by atoms with Gasteiger partial charge in [-0.1, -0.05) is 6.07 Å². The number of urea groups is 1. The molecule has 2 atom stereocenters. The highest BCUT2D eigenvalue weighted by Crippen LogP contribution is 2.16. The quantitative estimate of drug-likeness (QED) is 0.763. The van der Waals surface area contributed by atoms with E-state index in [1.165, 1.54) is 4.90 Å². The molecular formula is C17H23N3O3. The van der Waals surface area contributed by atoms with Gasteiger partial charge >= 0.3 is 6.03 Å². The van der Waals surface area contributed by atoms with E-state index in [0.29, 0.717) is 5.69 Å². The summed E-state index contributed by atoms with van der Waals surface area (Å²) in [5, 5.41) is 21.7. The summed E-state index contributed by atoms with van der Waals surface area (Å²) in [5.74, 6) is 0. The van der Waals surface area contributed by atoms with E-state index in [1.54, 1.807) is 19.9 Å². The number of aliphatic hydroxyl groups is 2. The molecule has 0 saturated heterocycles. The standard InChI is InChI=1S/C17H23N3O3/c1-13(12-21)20(11-14(2)22)17(23)18-15-6-5-7-16(10-15)19-8-3-4-9-19/h3-10,13-14,21-22H,11-12H2,1-2H3,(H,18,23)/t13-,14-/m1/s1. The second kappa shape index (κ2) is 7.80. The molecule has 2 aromatic rings. The number of aliphatic hydroxyl groups excluding tert-OH is 2. The normalized spacial score (nSPS) is 13.4. The number of amides is 2. The SMILES string of the molecule is C[C@H](CO)N(C[C@@H](C)O)C(=O)Nc1cccc(-n2cccc2)c1. The van der Waals surface area contributed by atoms with Crippen LogP contribution in [0.5, 0.6) is 0 Å². The lowest BCUT2D eigenvalue weighted by molar-refractivity contribution is 0.0995. The zero-order valence-corrected chi connectivity index (χ0v) is 13.4. The van der Waals surface area contributed by atoms with E-state index in [2.05, 4.69) is 5.32 Å². The number of carbonyl (C=O) groups excluding carboxylic acids is 1. The van der Waals surface area contributed by atoms with E-state index in [4.69, 9.17) is 0 Å². The number of benzene rings is 1. The van der Waals surface area contributed by atoms with Gasteiger partial charge in [-0.25, -0.2) is 4.79 Å². The maximum absolute atomic E-state index is 12.4. The van der Waals surface area contributed by atoms with E-state index >= 15 is 0 Å². The lowest BCUT2D eigenvalue weighted by atomic mass is 10.2. The van der Waals surface area contributed by atoms with Crippen molar-refractivity contribution < 1.29 is 15.0 Å². The molecule has 0 aliphatic heterocycles. The Balaban J connectivity index is 2.13. The molecular weight excluding hydrogens is 294 g/mol. The summed E-state index contributed by atoms with van der Waals surface area (Å²) in [6, 6.07) is 10.6. The average molecular weight is 317 g/mol. The summed E-state index contributed by atoms with van der Waals surface area (Å²) in [5.41, 5.74) is 1.59. The fraction of sp³-hybridized carbons (Fsp3) is 0.353. The fourth-order valence-electron chi connectivity index (χ4n) is 2.29. The molecule has 124 valence electrons. The number of rotatable bonds is 6. The molecule has 3 N–H and O–H groups in total. The summed E-state index contributed by atoms with van der Waals surface area (Å²) in [6.07, 6.45) is 3.18. The Morgan fingerprint density at radius 3 is 2.57 bits per heavy atom. The molecule has 6 heteroatoms. The molecule has 0 radical (unpaired) electrons. The van der Waals surface area contributed by atoms with Crippen LogP contribution in [0.2, 0.25) is 0 Å². The summed E-state index contributed by atoms with van der Waals surface area (Å²) in [7, 11) is 0. The van der Waals surface area contributed by atoms with Crippen molar-refractivity contribution in [2.24, 2.45) is 0 Å². The molecule has 6 nitrogen and oxygen atoms in total. The summed E-state index contributed by atoms with van der Waals surface area (Å²) in [6.45, 7) is 3.34. The topological polar surface area (TPSA) is 77.7 Å². The first-order valence-electron chi connectivity index (χ1n) is 7.61. The van der Waals surface area contributed by atoms with Crippen LogP contribution in [0.25, 0.3) is 5.69 Å². The van der Waals surface area contributed by atoms with Crippen molar-refractivity contribution in [3.63, 3.8) is 0 Å². The van der Waals surface area contributed by atoms with Gasteiger partial charge in [0.1, 0.15) is 0 Å². The predicted molar refractivity (Wildman–Crippen MR) is 89.7 cm³/mol. The fourth-order valence-corrected chi connectivity index (χ4v) is 2.29. The van der Waals surface area contributed by atoms with E-state index in [-0.39, 0.29) is 25.2 Å². The third-order valence-electron chi connectivity index (χ3n) is 3.52. The van der Waals surface area contributed by atoms with Crippen LogP contribution < -0.4 is 5.32 Å². The van der Waals surface area contributed by atoms with Gasteiger partial charge in [0.25, 0.3) is 0 Å². The largest absolute Gasteiger partial charge is 0.394 e. The van der Waals surface area contributed by atoms with Gasteiger partial charge in [0.15, 0.2) is 0 Å². The van der Waals surface area contributed by atoms with Crippen LogP contribution in [0, 0.1) is 0 Å². The van der Waals surface area contributed by atoms with Crippen molar-refractivity contribution >= 4 is 11.7 Å². The molecule has 1 aromatic carbocycles. The van der Waals surface area contributed by atoms with Crippen LogP contribution >= 0.6 is 0 Å². The number of nitrogens with zero attached hydrogens (tertiary/aromatic N) is 2. The van der Waals surface area contributed by atoms with Crippen LogP contribution in [-0.2, 0) is 0 Å². The summed E-state index contributed by atoms with van der Waals surface area (Å²) >= 11 is 0. The molecule has 1 aromatic heterocycles. The van der Waals surface area contributed by atoms with E-state index in [0.717, 1.165) is 5.69 Å². The number of carbonyl (C=O) groups is 1. The second-order valence-corrected chi connectivity index (χ2v) is 5.60. The molecule has 0 fully saturated rings. The molecule has 0 spiro atoms. The minimum Gasteiger partial charge on any atom is -0.394 e. The lowest BCUT2D eigenvalue weighted by Crippen LogP contribution is -2.46. The third-order valence-corrected chi connectivity index (χ3v) is 3.52. The Bertz CT molecular complexity index is 626. The van der Waals surface area contributed by atoms with Crippen molar-refractivity contribution in [1.29, 1.82) is 0 Å². The highest BCUT2D eigenvalue weighted by atomic mass is 16.3. The zero-order chi connectivity index (χ0) is 16.8. The predicted octanol–water partition coefficient (Wildman–Crippen LogP) is 2.07. The molecule has 2 amide bonds. The Morgan fingerprint density at radius 1 is 1.26 bits per heavy atom.